The number of thioether (sulfide) groups is 1. The molecule has 12 rings (SSSR count). The Hall–Kier alpha value is -7.02. The number of allylic oxidation sites excluding steroid dienone is 3. The third kappa shape index (κ3) is 5.01. The highest BCUT2D eigenvalue weighted by atomic mass is 32.2. The molecule has 0 amide bonds. The van der Waals surface area contributed by atoms with Crippen LogP contribution in [0.15, 0.2) is 191 Å². The van der Waals surface area contributed by atoms with E-state index < -0.39 is 0 Å². The van der Waals surface area contributed by atoms with Crippen LogP contribution in [0.3, 0.4) is 0 Å². The SMILES string of the molecule is CC12C=C(n3c4ccccc4c4c5oc6ccccc6c5ccc43)C=C(c3cccc(-c4nc(-c5ccccc5)nc(-c5ccccc5)n4)c3)C1Sc1ccccc12. The van der Waals surface area contributed by atoms with E-state index in [0.29, 0.717) is 17.5 Å². The number of aromatic nitrogens is 4. The lowest BCUT2D eigenvalue weighted by atomic mass is 9.72. The zero-order valence-electron chi connectivity index (χ0n) is 31.5. The fourth-order valence-corrected chi connectivity index (χ4v) is 10.8. The minimum Gasteiger partial charge on any atom is -0.455 e. The summed E-state index contributed by atoms with van der Waals surface area (Å²) in [7, 11) is 0. The Morgan fingerprint density at radius 3 is 1.95 bits per heavy atom. The number of benzene rings is 7. The Morgan fingerprint density at radius 2 is 1.17 bits per heavy atom. The van der Waals surface area contributed by atoms with E-state index >= 15 is 0 Å². The first-order valence-electron chi connectivity index (χ1n) is 19.6. The van der Waals surface area contributed by atoms with Crippen LogP contribution in [0.4, 0.5) is 0 Å². The molecular weight excluding hydrogens is 729 g/mol. The monoisotopic (exact) mass is 762 g/mol. The fourth-order valence-electron chi connectivity index (χ4n) is 9.18. The molecule has 2 aliphatic rings. The Morgan fingerprint density at radius 1 is 0.552 bits per heavy atom. The number of hydrogen-bond donors (Lipinski definition) is 0. The van der Waals surface area contributed by atoms with Crippen molar-refractivity contribution >= 4 is 66.8 Å². The lowest BCUT2D eigenvalue weighted by Crippen LogP contribution is -2.32. The topological polar surface area (TPSA) is 56.7 Å². The van der Waals surface area contributed by atoms with Gasteiger partial charge in [-0.15, -0.1) is 11.8 Å². The summed E-state index contributed by atoms with van der Waals surface area (Å²) in [5, 5.41) is 4.72. The van der Waals surface area contributed by atoms with Crippen LogP contribution in [0.25, 0.3) is 89.2 Å². The van der Waals surface area contributed by atoms with Crippen molar-refractivity contribution in [3.8, 4) is 34.2 Å². The molecule has 1 aliphatic heterocycles. The smallest absolute Gasteiger partial charge is 0.164 e. The summed E-state index contributed by atoms with van der Waals surface area (Å²) >= 11 is 1.96. The maximum absolute atomic E-state index is 6.66. The maximum atomic E-state index is 6.66. The van der Waals surface area contributed by atoms with Crippen LogP contribution in [0.5, 0.6) is 0 Å². The molecule has 0 spiro atoms. The first-order valence-corrected chi connectivity index (χ1v) is 20.5. The highest BCUT2D eigenvalue weighted by molar-refractivity contribution is 8.00. The van der Waals surface area contributed by atoms with Gasteiger partial charge in [-0.05, 0) is 65.3 Å². The largest absolute Gasteiger partial charge is 0.455 e. The standard InChI is InChI=1S/C52H34N4OS/c1-52-31-36(56-42-24-11-8-22-39(42)46-43(56)28-27-38-37-21-9-12-25-44(37)57-47(38)46)30-40(48(52)58-45-26-13-10-23-41(45)52)34-19-14-20-35(29-34)51-54-49(32-15-4-2-5-16-32)53-50(55-51)33-17-6-3-7-18-33/h2-31,48H,1H3. The zero-order chi connectivity index (χ0) is 38.4. The summed E-state index contributed by atoms with van der Waals surface area (Å²) in [6.07, 6.45) is 4.92. The van der Waals surface area contributed by atoms with Crippen molar-refractivity contribution in [2.24, 2.45) is 0 Å². The van der Waals surface area contributed by atoms with Crippen LogP contribution < -0.4 is 0 Å². The van der Waals surface area contributed by atoms with Gasteiger partial charge in [0.2, 0.25) is 0 Å². The van der Waals surface area contributed by atoms with E-state index in [1.165, 1.54) is 21.4 Å². The van der Waals surface area contributed by atoms with E-state index in [2.05, 4.69) is 151 Å². The lowest BCUT2D eigenvalue weighted by molar-refractivity contribution is 0.628. The second kappa shape index (κ2) is 12.7. The van der Waals surface area contributed by atoms with E-state index in [4.69, 9.17) is 19.4 Å². The molecule has 1 aliphatic carbocycles. The predicted octanol–water partition coefficient (Wildman–Crippen LogP) is 13.3. The molecule has 0 N–H and O–H groups in total. The first-order chi connectivity index (χ1) is 28.6. The highest BCUT2D eigenvalue weighted by Gasteiger charge is 2.47. The van der Waals surface area contributed by atoms with Gasteiger partial charge in [0.05, 0.1) is 16.4 Å². The van der Waals surface area contributed by atoms with Crippen molar-refractivity contribution in [1.82, 2.24) is 19.5 Å². The summed E-state index contributed by atoms with van der Waals surface area (Å²) in [4.78, 5) is 16.5. The second-order valence-corrected chi connectivity index (χ2v) is 16.5. The summed E-state index contributed by atoms with van der Waals surface area (Å²) in [6, 6.07) is 59.5. The molecular formula is C52H34N4OS. The average molecular weight is 763 g/mol. The lowest BCUT2D eigenvalue weighted by Gasteiger charge is -2.35. The Balaban J connectivity index is 1.07. The molecule has 5 nitrogen and oxygen atoms in total. The Kier molecular flexibility index (Phi) is 7.29. The van der Waals surface area contributed by atoms with Gasteiger partial charge in [0.1, 0.15) is 11.2 Å². The van der Waals surface area contributed by atoms with Gasteiger partial charge in [-0.25, -0.2) is 15.0 Å². The van der Waals surface area contributed by atoms with E-state index in [0.717, 1.165) is 66.3 Å². The Labute approximate surface area is 339 Å². The van der Waals surface area contributed by atoms with Gasteiger partial charge < -0.3 is 8.98 Å². The van der Waals surface area contributed by atoms with Crippen molar-refractivity contribution in [2.75, 3.05) is 0 Å². The molecule has 4 heterocycles. The third-order valence-corrected chi connectivity index (χ3v) is 13.5. The summed E-state index contributed by atoms with van der Waals surface area (Å²) < 4.78 is 9.10. The number of nitrogens with zero attached hydrogens (tertiary/aromatic N) is 4. The molecule has 0 fully saturated rings. The first kappa shape index (κ1) is 33.2. The van der Waals surface area contributed by atoms with Crippen molar-refractivity contribution in [2.45, 2.75) is 22.5 Å². The van der Waals surface area contributed by atoms with Crippen molar-refractivity contribution in [3.05, 3.63) is 193 Å². The van der Waals surface area contributed by atoms with Crippen molar-refractivity contribution < 1.29 is 4.42 Å². The molecule has 2 atom stereocenters. The molecule has 10 aromatic rings. The van der Waals surface area contributed by atoms with Gasteiger partial charge in [-0.2, -0.15) is 0 Å². The van der Waals surface area contributed by atoms with Gasteiger partial charge in [-0.3, -0.25) is 0 Å². The summed E-state index contributed by atoms with van der Waals surface area (Å²) in [5.41, 5.74) is 11.5. The van der Waals surface area contributed by atoms with E-state index in [9.17, 15) is 0 Å². The van der Waals surface area contributed by atoms with Gasteiger partial charge in [0, 0.05) is 54.1 Å². The maximum Gasteiger partial charge on any atom is 0.164 e. The minimum atomic E-state index is -0.286. The Bertz CT molecular complexity index is 3290. The molecule has 0 radical (unpaired) electrons. The number of hydrogen-bond acceptors (Lipinski definition) is 5. The number of rotatable bonds is 5. The molecule has 0 bridgehead atoms. The van der Waals surface area contributed by atoms with Crippen LogP contribution in [-0.4, -0.2) is 24.8 Å². The molecule has 3 aromatic heterocycles. The molecule has 2 unspecified atom stereocenters. The highest BCUT2D eigenvalue weighted by Crippen LogP contribution is 2.58. The molecule has 0 saturated heterocycles. The second-order valence-electron chi connectivity index (χ2n) is 15.4. The van der Waals surface area contributed by atoms with Crippen LogP contribution >= 0.6 is 11.8 Å². The van der Waals surface area contributed by atoms with Crippen molar-refractivity contribution in [1.29, 1.82) is 0 Å². The number of para-hydroxylation sites is 2. The normalized spacial score (nSPS) is 17.4. The average Bonchev–Trinajstić information content (AvgIpc) is 3.94. The van der Waals surface area contributed by atoms with E-state index in [-0.39, 0.29) is 10.7 Å². The third-order valence-electron chi connectivity index (χ3n) is 11.9. The number of fused-ring (bicyclic) bond motifs is 10. The fraction of sp³-hybridized carbons (Fsp3) is 0.0577. The minimum absolute atomic E-state index is 0.150. The molecule has 7 aromatic carbocycles. The predicted molar refractivity (Wildman–Crippen MR) is 239 cm³/mol. The van der Waals surface area contributed by atoms with Gasteiger partial charge in [0.15, 0.2) is 17.5 Å². The quantitative estimate of drug-likeness (QED) is 0.175. The van der Waals surface area contributed by atoms with Crippen LogP contribution in [0.2, 0.25) is 0 Å². The summed E-state index contributed by atoms with van der Waals surface area (Å²) in [6.45, 7) is 2.41. The van der Waals surface area contributed by atoms with E-state index in [1.54, 1.807) is 0 Å². The van der Waals surface area contributed by atoms with Gasteiger partial charge >= 0.3 is 0 Å². The van der Waals surface area contributed by atoms with E-state index in [1.807, 2.05) is 54.2 Å². The van der Waals surface area contributed by atoms with Gasteiger partial charge in [-0.1, -0.05) is 140 Å². The molecule has 0 saturated carbocycles. The molecule has 6 heteroatoms. The molecule has 274 valence electrons. The van der Waals surface area contributed by atoms with Gasteiger partial charge in [0.25, 0.3) is 0 Å². The summed E-state index contributed by atoms with van der Waals surface area (Å²) in [5.74, 6) is 1.94. The molecule has 58 heavy (non-hydrogen) atoms. The van der Waals surface area contributed by atoms with Crippen LogP contribution in [0, 0.1) is 0 Å². The number of furan rings is 1. The van der Waals surface area contributed by atoms with Crippen molar-refractivity contribution in [3.63, 3.8) is 0 Å². The zero-order valence-corrected chi connectivity index (χ0v) is 32.3. The van der Waals surface area contributed by atoms with Crippen LogP contribution in [-0.2, 0) is 5.41 Å². The van der Waals surface area contributed by atoms with Crippen LogP contribution in [0.1, 0.15) is 18.1 Å².